The van der Waals surface area contributed by atoms with Crippen LogP contribution in [0.15, 0.2) is 30.6 Å². The standard InChI is InChI=1S/C17H20ClN5O/c1-3-5-10-23-11-19-14-15(23)21-17(22-16(14)24-4-2)20-13-8-6-12(18)7-9-13/h6-9,11H,3-5,10H2,1-2H3,(H,20,21,22). The van der Waals surface area contributed by atoms with E-state index in [0.29, 0.717) is 29.0 Å². The molecular weight excluding hydrogens is 326 g/mol. The van der Waals surface area contributed by atoms with Gasteiger partial charge in [0, 0.05) is 17.3 Å². The first-order valence-electron chi connectivity index (χ1n) is 8.09. The highest BCUT2D eigenvalue weighted by Crippen LogP contribution is 2.25. The van der Waals surface area contributed by atoms with Crippen molar-refractivity contribution in [3.05, 3.63) is 35.6 Å². The van der Waals surface area contributed by atoms with E-state index in [1.54, 1.807) is 6.33 Å². The van der Waals surface area contributed by atoms with E-state index in [4.69, 9.17) is 16.3 Å². The zero-order valence-electron chi connectivity index (χ0n) is 13.8. The number of fused-ring (bicyclic) bond motifs is 1. The molecule has 0 aliphatic rings. The Hall–Kier alpha value is -2.34. The third-order valence-electron chi connectivity index (χ3n) is 3.57. The van der Waals surface area contributed by atoms with E-state index in [2.05, 4.69) is 27.2 Å². The number of aromatic nitrogens is 4. The normalized spacial score (nSPS) is 11.0. The molecule has 24 heavy (non-hydrogen) atoms. The fraction of sp³-hybridized carbons (Fsp3) is 0.353. The summed E-state index contributed by atoms with van der Waals surface area (Å²) in [5.74, 6) is 0.973. The van der Waals surface area contributed by atoms with Gasteiger partial charge in [0.2, 0.25) is 11.8 Å². The van der Waals surface area contributed by atoms with Crippen LogP contribution in [0, 0.1) is 0 Å². The Morgan fingerprint density at radius 3 is 2.67 bits per heavy atom. The molecule has 0 saturated heterocycles. The molecule has 0 aliphatic carbocycles. The van der Waals surface area contributed by atoms with Gasteiger partial charge in [-0.25, -0.2) is 4.98 Å². The lowest BCUT2D eigenvalue weighted by atomic mass is 10.3. The van der Waals surface area contributed by atoms with Crippen molar-refractivity contribution in [2.24, 2.45) is 0 Å². The lowest BCUT2D eigenvalue weighted by Gasteiger charge is -2.09. The van der Waals surface area contributed by atoms with Gasteiger partial charge in [-0.05, 0) is 37.6 Å². The molecule has 0 atom stereocenters. The molecule has 7 heteroatoms. The highest BCUT2D eigenvalue weighted by Gasteiger charge is 2.14. The van der Waals surface area contributed by atoms with E-state index in [1.807, 2.05) is 35.8 Å². The topological polar surface area (TPSA) is 64.9 Å². The molecule has 0 aliphatic heterocycles. The molecule has 0 radical (unpaired) electrons. The van der Waals surface area contributed by atoms with E-state index in [-0.39, 0.29) is 0 Å². The maximum absolute atomic E-state index is 5.92. The van der Waals surface area contributed by atoms with E-state index in [1.165, 1.54) is 0 Å². The molecule has 3 aromatic rings. The van der Waals surface area contributed by atoms with Gasteiger partial charge < -0.3 is 14.6 Å². The van der Waals surface area contributed by atoms with Gasteiger partial charge in [-0.15, -0.1) is 0 Å². The minimum atomic E-state index is 0.478. The van der Waals surface area contributed by atoms with Gasteiger partial charge in [0.1, 0.15) is 0 Å². The van der Waals surface area contributed by atoms with Crippen LogP contribution in [-0.4, -0.2) is 26.1 Å². The number of nitrogens with one attached hydrogen (secondary N) is 1. The van der Waals surface area contributed by atoms with Gasteiger partial charge in [0.15, 0.2) is 11.2 Å². The zero-order chi connectivity index (χ0) is 16.9. The lowest BCUT2D eigenvalue weighted by Crippen LogP contribution is -2.04. The molecule has 6 nitrogen and oxygen atoms in total. The van der Waals surface area contributed by atoms with Crippen LogP contribution >= 0.6 is 11.6 Å². The Labute approximate surface area is 145 Å². The first-order valence-corrected chi connectivity index (χ1v) is 8.47. The highest BCUT2D eigenvalue weighted by molar-refractivity contribution is 6.30. The molecule has 0 saturated carbocycles. The summed E-state index contributed by atoms with van der Waals surface area (Å²) in [6.07, 6.45) is 3.97. The Morgan fingerprint density at radius 2 is 1.96 bits per heavy atom. The molecule has 1 N–H and O–H groups in total. The van der Waals surface area contributed by atoms with Crippen molar-refractivity contribution in [3.8, 4) is 5.88 Å². The average Bonchev–Trinajstić information content (AvgIpc) is 2.98. The maximum Gasteiger partial charge on any atom is 0.247 e. The van der Waals surface area contributed by atoms with Gasteiger partial charge in [-0.1, -0.05) is 24.9 Å². The molecule has 0 spiro atoms. The minimum absolute atomic E-state index is 0.478. The molecule has 2 aromatic heterocycles. The lowest BCUT2D eigenvalue weighted by molar-refractivity contribution is 0.330. The molecule has 126 valence electrons. The van der Waals surface area contributed by atoms with Crippen molar-refractivity contribution in [1.82, 2.24) is 19.5 Å². The number of rotatable bonds is 7. The summed E-state index contributed by atoms with van der Waals surface area (Å²) in [7, 11) is 0. The third kappa shape index (κ3) is 3.59. The Kier molecular flexibility index (Phi) is 5.15. The molecule has 3 rings (SSSR count). The van der Waals surface area contributed by atoms with Gasteiger partial charge in [0.05, 0.1) is 12.9 Å². The van der Waals surface area contributed by atoms with Gasteiger partial charge >= 0.3 is 0 Å². The zero-order valence-corrected chi connectivity index (χ0v) is 14.5. The minimum Gasteiger partial charge on any atom is -0.476 e. The fourth-order valence-electron chi connectivity index (χ4n) is 2.37. The molecule has 0 fully saturated rings. The molecule has 2 heterocycles. The van der Waals surface area contributed by atoms with E-state index >= 15 is 0 Å². The van der Waals surface area contributed by atoms with Crippen LogP contribution in [0.25, 0.3) is 11.2 Å². The smallest absolute Gasteiger partial charge is 0.247 e. The summed E-state index contributed by atoms with van der Waals surface area (Å²) < 4.78 is 7.68. The van der Waals surface area contributed by atoms with Gasteiger partial charge in [-0.2, -0.15) is 9.97 Å². The van der Waals surface area contributed by atoms with Gasteiger partial charge in [0.25, 0.3) is 0 Å². The van der Waals surface area contributed by atoms with Crippen LogP contribution < -0.4 is 10.1 Å². The monoisotopic (exact) mass is 345 g/mol. The Balaban J connectivity index is 1.98. The number of ether oxygens (including phenoxy) is 1. The third-order valence-corrected chi connectivity index (χ3v) is 3.82. The van der Waals surface area contributed by atoms with Crippen LogP contribution in [0.3, 0.4) is 0 Å². The van der Waals surface area contributed by atoms with E-state index in [0.717, 1.165) is 30.7 Å². The summed E-state index contributed by atoms with van der Waals surface area (Å²) >= 11 is 5.92. The molecule has 1 aromatic carbocycles. The van der Waals surface area contributed by atoms with Crippen molar-refractivity contribution in [1.29, 1.82) is 0 Å². The van der Waals surface area contributed by atoms with Crippen LogP contribution in [0.1, 0.15) is 26.7 Å². The van der Waals surface area contributed by atoms with Crippen molar-refractivity contribution in [3.63, 3.8) is 0 Å². The van der Waals surface area contributed by atoms with Crippen molar-refractivity contribution in [2.45, 2.75) is 33.2 Å². The number of aryl methyl sites for hydroxylation is 1. The Morgan fingerprint density at radius 1 is 1.17 bits per heavy atom. The molecule has 0 bridgehead atoms. The number of benzene rings is 1. The van der Waals surface area contributed by atoms with Crippen LogP contribution in [-0.2, 0) is 6.54 Å². The van der Waals surface area contributed by atoms with Crippen molar-refractivity contribution < 1.29 is 4.74 Å². The maximum atomic E-state index is 5.92. The number of imidazole rings is 1. The number of nitrogens with zero attached hydrogens (tertiary/aromatic N) is 4. The Bertz CT molecular complexity index is 816. The second-order valence-electron chi connectivity index (χ2n) is 5.38. The number of unbranched alkanes of at least 4 members (excludes halogenated alkanes) is 1. The highest BCUT2D eigenvalue weighted by atomic mass is 35.5. The summed E-state index contributed by atoms with van der Waals surface area (Å²) in [5.41, 5.74) is 2.33. The number of hydrogen-bond donors (Lipinski definition) is 1. The predicted octanol–water partition coefficient (Wildman–Crippen LogP) is 4.42. The molecular formula is C17H20ClN5O. The number of anilines is 2. The predicted molar refractivity (Wildman–Crippen MR) is 96.1 cm³/mol. The van der Waals surface area contributed by atoms with Crippen molar-refractivity contribution >= 4 is 34.4 Å². The SMILES string of the molecule is CCCCn1cnc2c(OCC)nc(Nc3ccc(Cl)cc3)nc21. The largest absolute Gasteiger partial charge is 0.476 e. The number of halogens is 1. The summed E-state index contributed by atoms with van der Waals surface area (Å²) in [6, 6.07) is 7.39. The summed E-state index contributed by atoms with van der Waals surface area (Å²) in [4.78, 5) is 13.5. The first-order chi connectivity index (χ1) is 11.7. The molecule has 0 amide bonds. The van der Waals surface area contributed by atoms with Crippen LogP contribution in [0.2, 0.25) is 5.02 Å². The van der Waals surface area contributed by atoms with Crippen LogP contribution in [0.4, 0.5) is 11.6 Å². The van der Waals surface area contributed by atoms with E-state index < -0.39 is 0 Å². The second-order valence-corrected chi connectivity index (χ2v) is 5.82. The molecule has 0 unspecified atom stereocenters. The number of hydrogen-bond acceptors (Lipinski definition) is 5. The first kappa shape index (κ1) is 16.5. The van der Waals surface area contributed by atoms with Crippen molar-refractivity contribution in [2.75, 3.05) is 11.9 Å². The van der Waals surface area contributed by atoms with Gasteiger partial charge in [-0.3, -0.25) is 0 Å². The van der Waals surface area contributed by atoms with Crippen LogP contribution in [0.5, 0.6) is 5.88 Å². The average molecular weight is 346 g/mol. The van der Waals surface area contributed by atoms with E-state index in [9.17, 15) is 0 Å². The quantitative estimate of drug-likeness (QED) is 0.686. The fourth-order valence-corrected chi connectivity index (χ4v) is 2.49. The summed E-state index contributed by atoms with van der Waals surface area (Å²) in [5, 5.41) is 3.88. The summed E-state index contributed by atoms with van der Waals surface area (Å²) in [6.45, 7) is 5.48. The second kappa shape index (κ2) is 7.49.